The number of nitrogens with one attached hydrogen (secondary N) is 1. The molecule has 76 valence electrons. The highest BCUT2D eigenvalue weighted by Crippen LogP contribution is 2.33. The van der Waals surface area contributed by atoms with Crippen LogP contribution in [0.3, 0.4) is 0 Å². The summed E-state index contributed by atoms with van der Waals surface area (Å²) in [5, 5.41) is 3.30. The highest BCUT2D eigenvalue weighted by Gasteiger charge is 2.23. The molecular weight excluding hydrogens is 170 g/mol. The fraction of sp³-hybridized carbons (Fsp3) is 0.538. The number of hydrogen-bond donors (Lipinski definition) is 1. The summed E-state index contributed by atoms with van der Waals surface area (Å²) in [5.41, 5.74) is 3.13. The molecule has 0 aliphatic heterocycles. The Labute approximate surface area is 86.5 Å². The highest BCUT2D eigenvalue weighted by atomic mass is 14.8. The van der Waals surface area contributed by atoms with Crippen LogP contribution in [-0.4, -0.2) is 13.6 Å². The van der Waals surface area contributed by atoms with Crippen LogP contribution in [0.15, 0.2) is 24.3 Å². The van der Waals surface area contributed by atoms with Gasteiger partial charge in [0.05, 0.1) is 0 Å². The van der Waals surface area contributed by atoms with E-state index in [0.29, 0.717) is 0 Å². The van der Waals surface area contributed by atoms with Gasteiger partial charge in [0.2, 0.25) is 0 Å². The Morgan fingerprint density at radius 3 is 2.93 bits per heavy atom. The molecule has 1 nitrogen and oxygen atoms in total. The lowest BCUT2D eigenvalue weighted by molar-refractivity contribution is 0.422. The minimum Gasteiger partial charge on any atom is -0.319 e. The van der Waals surface area contributed by atoms with Gasteiger partial charge in [0, 0.05) is 6.54 Å². The van der Waals surface area contributed by atoms with E-state index in [1.54, 1.807) is 11.1 Å². The SMILES string of the molecule is CNCC1CC(C)Cc2ccccc21. The third-order valence-electron chi connectivity index (χ3n) is 3.20. The largest absolute Gasteiger partial charge is 0.319 e. The second kappa shape index (κ2) is 4.14. The maximum Gasteiger partial charge on any atom is 0.00173 e. The summed E-state index contributed by atoms with van der Waals surface area (Å²) in [6.45, 7) is 3.47. The molecule has 0 radical (unpaired) electrons. The van der Waals surface area contributed by atoms with E-state index in [9.17, 15) is 0 Å². The summed E-state index contributed by atoms with van der Waals surface area (Å²) in [7, 11) is 2.04. The second-order valence-corrected chi connectivity index (χ2v) is 4.50. The van der Waals surface area contributed by atoms with Crippen LogP contribution in [0.25, 0.3) is 0 Å². The molecule has 1 heteroatoms. The average Bonchev–Trinajstić information content (AvgIpc) is 2.18. The van der Waals surface area contributed by atoms with Gasteiger partial charge in [-0.15, -0.1) is 0 Å². The van der Waals surface area contributed by atoms with Crippen LogP contribution in [0.5, 0.6) is 0 Å². The van der Waals surface area contributed by atoms with E-state index >= 15 is 0 Å². The lowest BCUT2D eigenvalue weighted by atomic mass is 9.77. The van der Waals surface area contributed by atoms with E-state index in [4.69, 9.17) is 0 Å². The first-order chi connectivity index (χ1) is 6.81. The maximum absolute atomic E-state index is 3.30. The second-order valence-electron chi connectivity index (χ2n) is 4.50. The van der Waals surface area contributed by atoms with Gasteiger partial charge in [-0.25, -0.2) is 0 Å². The Morgan fingerprint density at radius 1 is 1.36 bits per heavy atom. The summed E-state index contributed by atoms with van der Waals surface area (Å²) < 4.78 is 0. The zero-order valence-corrected chi connectivity index (χ0v) is 9.09. The highest BCUT2D eigenvalue weighted by molar-refractivity contribution is 5.33. The summed E-state index contributed by atoms with van der Waals surface area (Å²) >= 11 is 0. The first kappa shape index (κ1) is 9.72. The third kappa shape index (κ3) is 1.83. The Bertz CT molecular complexity index is 306. The van der Waals surface area contributed by atoms with Crippen LogP contribution >= 0.6 is 0 Å². The molecule has 1 aromatic rings. The molecular formula is C13H19N. The van der Waals surface area contributed by atoms with Gasteiger partial charge in [-0.05, 0) is 42.9 Å². The number of rotatable bonds is 2. The molecule has 14 heavy (non-hydrogen) atoms. The maximum atomic E-state index is 3.30. The fourth-order valence-electron chi connectivity index (χ4n) is 2.63. The molecule has 0 spiro atoms. The van der Waals surface area contributed by atoms with E-state index in [2.05, 4.69) is 36.5 Å². The molecule has 1 aliphatic carbocycles. The Balaban J connectivity index is 2.28. The molecule has 0 fully saturated rings. The smallest absolute Gasteiger partial charge is 0.00173 e. The first-order valence-electron chi connectivity index (χ1n) is 5.53. The molecule has 2 rings (SSSR count). The van der Waals surface area contributed by atoms with Crippen LogP contribution < -0.4 is 5.32 Å². The van der Waals surface area contributed by atoms with Gasteiger partial charge < -0.3 is 5.32 Å². The Hall–Kier alpha value is -0.820. The molecule has 0 bridgehead atoms. The molecule has 0 heterocycles. The van der Waals surface area contributed by atoms with E-state index in [1.807, 2.05) is 7.05 Å². The molecule has 0 amide bonds. The predicted molar refractivity (Wildman–Crippen MR) is 60.6 cm³/mol. The Kier molecular flexibility index (Phi) is 2.87. The van der Waals surface area contributed by atoms with Crippen molar-refractivity contribution in [1.29, 1.82) is 0 Å². The monoisotopic (exact) mass is 189 g/mol. The molecule has 2 atom stereocenters. The van der Waals surface area contributed by atoms with E-state index in [-0.39, 0.29) is 0 Å². The van der Waals surface area contributed by atoms with Crippen LogP contribution in [0.1, 0.15) is 30.4 Å². The van der Waals surface area contributed by atoms with Crippen LogP contribution in [0, 0.1) is 5.92 Å². The molecule has 0 saturated carbocycles. The standard InChI is InChI=1S/C13H19N/c1-10-7-11-5-3-4-6-13(11)12(8-10)9-14-2/h3-6,10,12,14H,7-9H2,1-2H3. The molecule has 1 aliphatic rings. The zero-order valence-electron chi connectivity index (χ0n) is 9.09. The average molecular weight is 189 g/mol. The summed E-state index contributed by atoms with van der Waals surface area (Å²) in [6, 6.07) is 8.90. The van der Waals surface area contributed by atoms with Gasteiger partial charge in [0.15, 0.2) is 0 Å². The fourth-order valence-corrected chi connectivity index (χ4v) is 2.63. The van der Waals surface area contributed by atoms with Crippen molar-refractivity contribution in [3.63, 3.8) is 0 Å². The molecule has 1 aromatic carbocycles. The van der Waals surface area contributed by atoms with Gasteiger partial charge in [-0.1, -0.05) is 31.2 Å². The minimum absolute atomic E-state index is 0.722. The predicted octanol–water partition coefficient (Wildman–Crippen LogP) is 2.57. The van der Waals surface area contributed by atoms with Gasteiger partial charge in [0.25, 0.3) is 0 Å². The van der Waals surface area contributed by atoms with Crippen LogP contribution in [0.4, 0.5) is 0 Å². The van der Waals surface area contributed by atoms with Crippen molar-refractivity contribution in [3.05, 3.63) is 35.4 Å². The van der Waals surface area contributed by atoms with Crippen LogP contribution in [0.2, 0.25) is 0 Å². The van der Waals surface area contributed by atoms with Crippen molar-refractivity contribution in [1.82, 2.24) is 5.32 Å². The number of benzene rings is 1. The molecule has 0 aromatic heterocycles. The van der Waals surface area contributed by atoms with Gasteiger partial charge in [-0.2, -0.15) is 0 Å². The first-order valence-corrected chi connectivity index (χ1v) is 5.53. The minimum atomic E-state index is 0.722. The number of likely N-dealkylation sites (N-methyl/N-ethyl adjacent to an activating group) is 1. The van der Waals surface area contributed by atoms with E-state index in [0.717, 1.165) is 18.4 Å². The van der Waals surface area contributed by atoms with Crippen molar-refractivity contribution >= 4 is 0 Å². The van der Waals surface area contributed by atoms with Crippen molar-refractivity contribution in [3.8, 4) is 0 Å². The number of hydrogen-bond acceptors (Lipinski definition) is 1. The van der Waals surface area contributed by atoms with Crippen molar-refractivity contribution in [2.45, 2.75) is 25.7 Å². The molecule has 1 N–H and O–H groups in total. The molecule has 0 saturated heterocycles. The quantitative estimate of drug-likeness (QED) is 0.754. The lowest BCUT2D eigenvalue weighted by Gasteiger charge is -2.29. The lowest BCUT2D eigenvalue weighted by Crippen LogP contribution is -2.24. The third-order valence-corrected chi connectivity index (χ3v) is 3.20. The Morgan fingerprint density at radius 2 is 2.14 bits per heavy atom. The van der Waals surface area contributed by atoms with Gasteiger partial charge >= 0.3 is 0 Å². The summed E-state index contributed by atoms with van der Waals surface area (Å²) in [4.78, 5) is 0. The normalized spacial score (nSPS) is 25.9. The van der Waals surface area contributed by atoms with E-state index < -0.39 is 0 Å². The van der Waals surface area contributed by atoms with Crippen molar-refractivity contribution in [2.75, 3.05) is 13.6 Å². The van der Waals surface area contributed by atoms with Gasteiger partial charge in [0.1, 0.15) is 0 Å². The zero-order chi connectivity index (χ0) is 9.97. The van der Waals surface area contributed by atoms with E-state index in [1.165, 1.54) is 12.8 Å². The summed E-state index contributed by atoms with van der Waals surface area (Å²) in [5.74, 6) is 1.56. The van der Waals surface area contributed by atoms with Crippen molar-refractivity contribution < 1.29 is 0 Å². The van der Waals surface area contributed by atoms with Crippen LogP contribution in [-0.2, 0) is 6.42 Å². The molecule has 2 unspecified atom stereocenters. The topological polar surface area (TPSA) is 12.0 Å². The summed E-state index contributed by atoms with van der Waals surface area (Å²) in [6.07, 6.45) is 2.59. The number of fused-ring (bicyclic) bond motifs is 1. The van der Waals surface area contributed by atoms with Crippen molar-refractivity contribution in [2.24, 2.45) is 5.92 Å². The van der Waals surface area contributed by atoms with Gasteiger partial charge in [-0.3, -0.25) is 0 Å².